The Morgan fingerprint density at radius 3 is 2.67 bits per heavy atom. The zero-order valence-corrected chi connectivity index (χ0v) is 16.4. The van der Waals surface area contributed by atoms with Gasteiger partial charge in [-0.25, -0.2) is 0 Å². The van der Waals surface area contributed by atoms with E-state index >= 15 is 0 Å². The minimum Gasteiger partial charge on any atom is -0.466 e. The van der Waals surface area contributed by atoms with Crippen LogP contribution in [-0.4, -0.2) is 31.6 Å². The van der Waals surface area contributed by atoms with Gasteiger partial charge in [0.05, 0.1) is 19.1 Å². The van der Waals surface area contributed by atoms with Gasteiger partial charge in [-0.1, -0.05) is 18.2 Å². The van der Waals surface area contributed by atoms with Gasteiger partial charge in [-0.05, 0) is 45.6 Å². The summed E-state index contributed by atoms with van der Waals surface area (Å²) < 4.78 is 11.1. The molecule has 1 aliphatic rings. The lowest BCUT2D eigenvalue weighted by Crippen LogP contribution is -2.45. The first-order valence-corrected chi connectivity index (χ1v) is 9.73. The van der Waals surface area contributed by atoms with Crippen LogP contribution >= 0.6 is 0 Å². The summed E-state index contributed by atoms with van der Waals surface area (Å²) in [6.45, 7) is 4.97. The maximum absolute atomic E-state index is 11.9. The number of para-hydroxylation sites is 1. The summed E-state index contributed by atoms with van der Waals surface area (Å²) in [7, 11) is 1.77. The van der Waals surface area contributed by atoms with Crippen LogP contribution in [0.2, 0.25) is 0 Å². The number of ether oxygens (including phenoxy) is 1. The van der Waals surface area contributed by atoms with E-state index < -0.39 is 0 Å². The topological polar surface area (TPSA) is 75.9 Å². The molecule has 146 valence electrons. The predicted octanol–water partition coefficient (Wildman–Crippen LogP) is 3.53. The number of nitrogens with one attached hydrogen (secondary N) is 2. The van der Waals surface area contributed by atoms with Crippen molar-refractivity contribution in [2.45, 2.75) is 52.1 Å². The third-order valence-corrected chi connectivity index (χ3v) is 5.27. The molecular weight excluding hydrogens is 342 g/mol. The van der Waals surface area contributed by atoms with E-state index in [1.54, 1.807) is 7.05 Å². The Balaban J connectivity index is 1.51. The van der Waals surface area contributed by atoms with E-state index in [-0.39, 0.29) is 11.9 Å². The molecule has 0 aliphatic heterocycles. The van der Waals surface area contributed by atoms with Crippen LogP contribution in [0.5, 0.6) is 0 Å². The van der Waals surface area contributed by atoms with Crippen molar-refractivity contribution >= 4 is 22.9 Å². The molecule has 1 saturated carbocycles. The second-order valence-electron chi connectivity index (χ2n) is 7.02. The van der Waals surface area contributed by atoms with Gasteiger partial charge in [-0.3, -0.25) is 9.79 Å². The third kappa shape index (κ3) is 4.62. The van der Waals surface area contributed by atoms with Gasteiger partial charge in [0.2, 0.25) is 0 Å². The standard InChI is InChI=1S/C21H29N3O3/c1-4-26-20(25)15-9-11-16(12-10-15)24-21(22-3)23-13-19-14(2)17-7-5-6-8-18(17)27-19/h5-8,15-16H,4,9-13H2,1-3H3,(H2,22,23,24). The number of benzene rings is 1. The smallest absolute Gasteiger partial charge is 0.308 e. The van der Waals surface area contributed by atoms with Crippen molar-refractivity contribution in [3.63, 3.8) is 0 Å². The van der Waals surface area contributed by atoms with Gasteiger partial charge < -0.3 is 19.8 Å². The number of hydrogen-bond donors (Lipinski definition) is 2. The summed E-state index contributed by atoms with van der Waals surface area (Å²) in [5.74, 6) is 1.66. The fourth-order valence-corrected chi connectivity index (χ4v) is 3.68. The van der Waals surface area contributed by atoms with E-state index in [9.17, 15) is 4.79 Å². The second kappa shape index (κ2) is 8.93. The van der Waals surface area contributed by atoms with E-state index in [4.69, 9.17) is 9.15 Å². The van der Waals surface area contributed by atoms with Gasteiger partial charge in [-0.2, -0.15) is 0 Å². The first kappa shape index (κ1) is 19.3. The Kier molecular flexibility index (Phi) is 6.37. The number of furan rings is 1. The summed E-state index contributed by atoms with van der Waals surface area (Å²) in [4.78, 5) is 16.2. The summed E-state index contributed by atoms with van der Waals surface area (Å²) >= 11 is 0. The molecule has 0 bridgehead atoms. The van der Waals surface area contributed by atoms with Gasteiger partial charge in [-0.15, -0.1) is 0 Å². The first-order chi connectivity index (χ1) is 13.1. The molecule has 0 amide bonds. The number of aryl methyl sites for hydroxylation is 1. The molecule has 2 aromatic rings. The van der Waals surface area contributed by atoms with Crippen LogP contribution in [0.15, 0.2) is 33.7 Å². The highest BCUT2D eigenvalue weighted by Gasteiger charge is 2.27. The average Bonchev–Trinajstić information content (AvgIpc) is 3.02. The molecule has 27 heavy (non-hydrogen) atoms. The monoisotopic (exact) mass is 371 g/mol. The number of carbonyl (C=O) groups excluding carboxylic acids is 1. The molecule has 3 rings (SSSR count). The molecule has 1 aliphatic carbocycles. The van der Waals surface area contributed by atoms with Crippen LogP contribution in [0, 0.1) is 12.8 Å². The lowest BCUT2D eigenvalue weighted by Gasteiger charge is -2.29. The molecule has 1 fully saturated rings. The van der Waals surface area contributed by atoms with E-state index in [2.05, 4.69) is 28.6 Å². The number of fused-ring (bicyclic) bond motifs is 1. The van der Waals surface area contributed by atoms with Crippen molar-refractivity contribution in [1.29, 1.82) is 0 Å². The SMILES string of the molecule is CCOC(=O)C1CCC(NC(=NC)NCc2oc3ccccc3c2C)CC1. The zero-order chi connectivity index (χ0) is 19.2. The normalized spacial score (nSPS) is 20.5. The highest BCUT2D eigenvalue weighted by molar-refractivity contribution is 5.83. The summed E-state index contributed by atoms with van der Waals surface area (Å²) in [5, 5.41) is 7.96. The van der Waals surface area contributed by atoms with Crippen LogP contribution in [0.1, 0.15) is 43.9 Å². The summed E-state index contributed by atoms with van der Waals surface area (Å²) in [6, 6.07) is 8.39. The Morgan fingerprint density at radius 2 is 2.00 bits per heavy atom. The number of hydrogen-bond acceptors (Lipinski definition) is 4. The highest BCUT2D eigenvalue weighted by Crippen LogP contribution is 2.26. The van der Waals surface area contributed by atoms with Crippen molar-refractivity contribution in [2.24, 2.45) is 10.9 Å². The summed E-state index contributed by atoms with van der Waals surface area (Å²) in [6.07, 6.45) is 3.59. The molecule has 0 saturated heterocycles. The number of aliphatic imine (C=N–C) groups is 1. The minimum atomic E-state index is -0.0567. The van der Waals surface area contributed by atoms with Crippen molar-refractivity contribution in [3.8, 4) is 0 Å². The molecular formula is C21H29N3O3. The second-order valence-corrected chi connectivity index (χ2v) is 7.02. The van der Waals surface area contributed by atoms with Gasteiger partial charge >= 0.3 is 5.97 Å². The van der Waals surface area contributed by atoms with Gasteiger partial charge in [0.1, 0.15) is 11.3 Å². The summed E-state index contributed by atoms with van der Waals surface area (Å²) in [5.41, 5.74) is 2.07. The van der Waals surface area contributed by atoms with Crippen LogP contribution in [0.4, 0.5) is 0 Å². The number of esters is 1. The van der Waals surface area contributed by atoms with Gasteiger partial charge in [0.15, 0.2) is 5.96 Å². The Labute approximate surface area is 160 Å². The number of guanidine groups is 1. The average molecular weight is 371 g/mol. The van der Waals surface area contributed by atoms with Crippen molar-refractivity contribution in [2.75, 3.05) is 13.7 Å². The maximum atomic E-state index is 11.9. The van der Waals surface area contributed by atoms with Crippen LogP contribution < -0.4 is 10.6 Å². The lowest BCUT2D eigenvalue weighted by molar-refractivity contribution is -0.149. The van der Waals surface area contributed by atoms with E-state index in [1.807, 2.05) is 25.1 Å². The zero-order valence-electron chi connectivity index (χ0n) is 16.4. The fraction of sp³-hybridized carbons (Fsp3) is 0.524. The first-order valence-electron chi connectivity index (χ1n) is 9.73. The molecule has 0 atom stereocenters. The Morgan fingerprint density at radius 1 is 1.26 bits per heavy atom. The minimum absolute atomic E-state index is 0.0381. The Bertz CT molecular complexity index is 804. The molecule has 6 nitrogen and oxygen atoms in total. The fourth-order valence-electron chi connectivity index (χ4n) is 3.68. The quantitative estimate of drug-likeness (QED) is 0.478. The lowest BCUT2D eigenvalue weighted by atomic mass is 9.86. The maximum Gasteiger partial charge on any atom is 0.308 e. The van der Waals surface area contributed by atoms with Crippen molar-refractivity contribution in [3.05, 3.63) is 35.6 Å². The molecule has 2 N–H and O–H groups in total. The van der Waals surface area contributed by atoms with Crippen LogP contribution in [-0.2, 0) is 16.1 Å². The number of nitrogens with zero attached hydrogens (tertiary/aromatic N) is 1. The third-order valence-electron chi connectivity index (χ3n) is 5.27. The van der Waals surface area contributed by atoms with E-state index in [0.717, 1.165) is 53.9 Å². The van der Waals surface area contributed by atoms with Crippen molar-refractivity contribution < 1.29 is 13.9 Å². The molecule has 0 radical (unpaired) electrons. The molecule has 0 unspecified atom stereocenters. The number of rotatable bonds is 5. The van der Waals surface area contributed by atoms with Crippen molar-refractivity contribution in [1.82, 2.24) is 10.6 Å². The van der Waals surface area contributed by atoms with E-state index in [1.165, 1.54) is 0 Å². The predicted molar refractivity (Wildman–Crippen MR) is 107 cm³/mol. The van der Waals surface area contributed by atoms with Crippen LogP contribution in [0.3, 0.4) is 0 Å². The Hall–Kier alpha value is -2.50. The molecule has 1 heterocycles. The highest BCUT2D eigenvalue weighted by atomic mass is 16.5. The molecule has 1 aromatic carbocycles. The largest absolute Gasteiger partial charge is 0.466 e. The molecule has 6 heteroatoms. The number of carbonyl (C=O) groups is 1. The van der Waals surface area contributed by atoms with E-state index in [0.29, 0.717) is 19.2 Å². The van der Waals surface area contributed by atoms with Gasteiger partial charge in [0.25, 0.3) is 0 Å². The molecule has 0 spiro atoms. The van der Waals surface area contributed by atoms with Crippen LogP contribution in [0.25, 0.3) is 11.0 Å². The van der Waals surface area contributed by atoms with Gasteiger partial charge in [0, 0.05) is 24.0 Å². The molecule has 1 aromatic heterocycles.